The van der Waals surface area contributed by atoms with Crippen molar-refractivity contribution in [3.63, 3.8) is 0 Å². The number of nitrogens with one attached hydrogen (secondary N) is 1. The lowest BCUT2D eigenvalue weighted by molar-refractivity contribution is 0.0697. The van der Waals surface area contributed by atoms with E-state index >= 15 is 0 Å². The fourth-order valence-corrected chi connectivity index (χ4v) is 1.82. The Morgan fingerprint density at radius 1 is 1.45 bits per heavy atom. The first-order valence-electron chi connectivity index (χ1n) is 5.64. The van der Waals surface area contributed by atoms with Crippen LogP contribution in [0.2, 0.25) is 5.02 Å². The summed E-state index contributed by atoms with van der Waals surface area (Å²) in [6, 6.07) is 5.57. The molecule has 7 heteroatoms. The summed E-state index contributed by atoms with van der Waals surface area (Å²) in [6.07, 6.45) is 1.35. The minimum absolute atomic E-state index is 0.00743. The Morgan fingerprint density at radius 2 is 2.20 bits per heavy atom. The van der Waals surface area contributed by atoms with E-state index in [0.29, 0.717) is 5.56 Å². The molecule has 0 aliphatic heterocycles. The Labute approximate surface area is 119 Å². The second-order valence-corrected chi connectivity index (χ2v) is 4.48. The number of rotatable bonds is 4. The highest BCUT2D eigenvalue weighted by molar-refractivity contribution is 6.30. The fourth-order valence-electron chi connectivity index (χ4n) is 1.62. The van der Waals surface area contributed by atoms with Gasteiger partial charge in [-0.3, -0.25) is 0 Å². The average molecular weight is 296 g/mol. The molecular formula is C13H11ClFN3O2. The fraction of sp³-hybridized carbons (Fsp3) is 0.0769. The van der Waals surface area contributed by atoms with Crippen molar-refractivity contribution in [1.82, 2.24) is 4.98 Å². The molecule has 4 N–H and O–H groups in total. The zero-order chi connectivity index (χ0) is 14.7. The van der Waals surface area contributed by atoms with Crippen molar-refractivity contribution >= 4 is 29.1 Å². The van der Waals surface area contributed by atoms with Gasteiger partial charge in [-0.15, -0.1) is 0 Å². The smallest absolute Gasteiger partial charge is 0.339 e. The lowest BCUT2D eigenvalue weighted by Crippen LogP contribution is -2.09. The topological polar surface area (TPSA) is 88.2 Å². The van der Waals surface area contributed by atoms with Crippen molar-refractivity contribution in [1.29, 1.82) is 0 Å². The highest BCUT2D eigenvalue weighted by Crippen LogP contribution is 2.19. The van der Waals surface area contributed by atoms with Crippen LogP contribution in [0.5, 0.6) is 0 Å². The van der Waals surface area contributed by atoms with Crippen molar-refractivity contribution in [2.75, 3.05) is 11.1 Å². The van der Waals surface area contributed by atoms with Crippen LogP contribution in [0, 0.1) is 5.82 Å². The van der Waals surface area contributed by atoms with Gasteiger partial charge in [0.2, 0.25) is 0 Å². The van der Waals surface area contributed by atoms with Crippen LogP contribution < -0.4 is 11.1 Å². The van der Waals surface area contributed by atoms with Gasteiger partial charge in [0.1, 0.15) is 17.2 Å². The van der Waals surface area contributed by atoms with Gasteiger partial charge in [-0.25, -0.2) is 14.2 Å². The van der Waals surface area contributed by atoms with E-state index in [1.807, 2.05) is 0 Å². The molecule has 0 saturated carbocycles. The quantitative estimate of drug-likeness (QED) is 0.807. The molecule has 1 aromatic carbocycles. The van der Waals surface area contributed by atoms with Gasteiger partial charge in [-0.1, -0.05) is 17.7 Å². The molecule has 0 saturated heterocycles. The minimum Gasteiger partial charge on any atom is -0.478 e. The van der Waals surface area contributed by atoms with E-state index in [2.05, 4.69) is 10.3 Å². The van der Waals surface area contributed by atoms with Gasteiger partial charge in [0.15, 0.2) is 0 Å². The number of aromatic nitrogens is 1. The first-order valence-corrected chi connectivity index (χ1v) is 6.02. The van der Waals surface area contributed by atoms with Gasteiger partial charge in [-0.2, -0.15) is 0 Å². The molecule has 0 spiro atoms. The van der Waals surface area contributed by atoms with Crippen LogP contribution in [0.4, 0.5) is 15.9 Å². The molecule has 0 bridgehead atoms. The highest BCUT2D eigenvalue weighted by Gasteiger charge is 2.12. The third-order valence-corrected chi connectivity index (χ3v) is 2.87. The molecule has 0 unspecified atom stereocenters. The normalized spacial score (nSPS) is 10.3. The van der Waals surface area contributed by atoms with Gasteiger partial charge in [0, 0.05) is 6.54 Å². The monoisotopic (exact) mass is 295 g/mol. The number of nitrogens with zero attached hydrogens (tertiary/aromatic N) is 1. The maximum absolute atomic E-state index is 13.0. The van der Waals surface area contributed by atoms with Gasteiger partial charge in [-0.05, 0) is 23.8 Å². The number of nitrogens with two attached hydrogens (primary N) is 1. The maximum Gasteiger partial charge on any atom is 0.339 e. The zero-order valence-electron chi connectivity index (χ0n) is 10.2. The van der Waals surface area contributed by atoms with E-state index in [0.717, 1.165) is 0 Å². The molecule has 0 atom stereocenters. The first-order chi connectivity index (χ1) is 9.47. The third-order valence-electron chi connectivity index (χ3n) is 2.58. The lowest BCUT2D eigenvalue weighted by atomic mass is 10.2. The van der Waals surface area contributed by atoms with Crippen molar-refractivity contribution in [3.8, 4) is 0 Å². The number of halogens is 2. The van der Waals surface area contributed by atoms with Crippen LogP contribution in [-0.4, -0.2) is 16.1 Å². The lowest BCUT2D eigenvalue weighted by Gasteiger charge is -2.09. The highest BCUT2D eigenvalue weighted by atomic mass is 35.5. The van der Waals surface area contributed by atoms with Gasteiger partial charge < -0.3 is 16.2 Å². The van der Waals surface area contributed by atoms with Crippen molar-refractivity contribution in [2.24, 2.45) is 0 Å². The second kappa shape index (κ2) is 5.75. The van der Waals surface area contributed by atoms with E-state index in [1.165, 1.54) is 24.4 Å². The number of benzene rings is 1. The minimum atomic E-state index is -1.13. The van der Waals surface area contributed by atoms with Gasteiger partial charge in [0.25, 0.3) is 0 Å². The molecule has 20 heavy (non-hydrogen) atoms. The zero-order valence-corrected chi connectivity index (χ0v) is 11.0. The Morgan fingerprint density at radius 3 is 2.85 bits per heavy atom. The first kappa shape index (κ1) is 14.1. The van der Waals surface area contributed by atoms with E-state index in [4.69, 9.17) is 22.4 Å². The molecule has 104 valence electrons. The van der Waals surface area contributed by atoms with E-state index < -0.39 is 11.8 Å². The molecule has 5 nitrogen and oxygen atoms in total. The van der Waals surface area contributed by atoms with Crippen molar-refractivity contribution in [3.05, 3.63) is 52.4 Å². The van der Waals surface area contributed by atoms with Crippen molar-refractivity contribution in [2.45, 2.75) is 6.54 Å². The summed E-state index contributed by atoms with van der Waals surface area (Å²) in [5.41, 5.74) is 6.43. The number of hydrogen-bond donors (Lipinski definition) is 3. The Balaban J connectivity index is 2.18. The predicted octanol–water partition coefficient (Wildman–Crippen LogP) is 2.77. The number of aromatic carboxylic acids is 1. The molecule has 0 fully saturated rings. The number of carbonyl (C=O) groups is 1. The Bertz CT molecular complexity index is 664. The number of hydrogen-bond acceptors (Lipinski definition) is 4. The number of anilines is 2. The predicted molar refractivity (Wildman–Crippen MR) is 74.3 cm³/mol. The Hall–Kier alpha value is -2.34. The molecule has 1 heterocycles. The van der Waals surface area contributed by atoms with Crippen LogP contribution in [0.25, 0.3) is 0 Å². The van der Waals surface area contributed by atoms with Crippen LogP contribution in [0.3, 0.4) is 0 Å². The van der Waals surface area contributed by atoms with Crippen LogP contribution >= 0.6 is 11.6 Å². The molecule has 2 aromatic rings. The summed E-state index contributed by atoms with van der Waals surface area (Å²) in [5.74, 6) is -1.45. The summed E-state index contributed by atoms with van der Waals surface area (Å²) >= 11 is 5.67. The number of pyridine rings is 1. The van der Waals surface area contributed by atoms with E-state index in [-0.39, 0.29) is 28.6 Å². The maximum atomic E-state index is 13.0. The van der Waals surface area contributed by atoms with E-state index in [9.17, 15) is 9.18 Å². The molecule has 2 rings (SSSR count). The van der Waals surface area contributed by atoms with E-state index in [1.54, 1.807) is 6.07 Å². The largest absolute Gasteiger partial charge is 0.478 e. The molecule has 0 aliphatic carbocycles. The summed E-state index contributed by atoms with van der Waals surface area (Å²) in [5, 5.41) is 11.9. The van der Waals surface area contributed by atoms with Crippen LogP contribution in [0.15, 0.2) is 30.5 Å². The summed E-state index contributed by atoms with van der Waals surface area (Å²) in [4.78, 5) is 15.0. The molecule has 0 radical (unpaired) electrons. The van der Waals surface area contributed by atoms with Gasteiger partial charge in [0.05, 0.1) is 16.9 Å². The Kier molecular flexibility index (Phi) is 4.05. The molecule has 0 aliphatic rings. The van der Waals surface area contributed by atoms with Crippen LogP contribution in [0.1, 0.15) is 15.9 Å². The van der Waals surface area contributed by atoms with Crippen LogP contribution in [-0.2, 0) is 6.54 Å². The van der Waals surface area contributed by atoms with Crippen molar-refractivity contribution < 1.29 is 14.3 Å². The standard InChI is InChI=1S/C13H11ClFN3O2/c14-10-3-7(1-2-11(10)15)5-17-12-9(13(19)20)4-8(16)6-18-12/h1-4,6H,5,16H2,(H,17,18)(H,19,20). The summed E-state index contributed by atoms with van der Waals surface area (Å²) < 4.78 is 13.0. The number of carboxylic acids is 1. The molecule has 1 aromatic heterocycles. The summed E-state index contributed by atoms with van der Waals surface area (Å²) in [6.45, 7) is 0.261. The molecule has 0 amide bonds. The SMILES string of the molecule is Nc1cnc(NCc2ccc(F)c(Cl)c2)c(C(=O)O)c1. The number of nitrogen functional groups attached to an aromatic ring is 1. The van der Waals surface area contributed by atoms with Gasteiger partial charge >= 0.3 is 5.97 Å². The number of carboxylic acid groups (broad SMARTS) is 1. The third kappa shape index (κ3) is 3.16. The molecular weight excluding hydrogens is 285 g/mol. The average Bonchev–Trinajstić information content (AvgIpc) is 2.41. The second-order valence-electron chi connectivity index (χ2n) is 4.07. The summed E-state index contributed by atoms with van der Waals surface area (Å²) in [7, 11) is 0.